The number of halogens is 1. The van der Waals surface area contributed by atoms with Crippen LogP contribution >= 0.6 is 0 Å². The third kappa shape index (κ3) is 4.25. The van der Waals surface area contributed by atoms with Crippen LogP contribution in [0, 0.1) is 17.2 Å². The maximum atomic E-state index is 14.2. The summed E-state index contributed by atoms with van der Waals surface area (Å²) in [5.74, 6) is 1.73. The Morgan fingerprint density at radius 2 is 1.96 bits per heavy atom. The Morgan fingerprint density at radius 1 is 1.28 bits per heavy atom. The molecule has 0 unspecified atom stereocenters. The van der Waals surface area contributed by atoms with Crippen LogP contribution in [0.4, 0.5) is 10.2 Å². The highest BCUT2D eigenvalue weighted by Crippen LogP contribution is 2.31. The molecule has 6 nitrogen and oxygen atoms in total. The second-order valence-corrected chi connectivity index (χ2v) is 7.31. The molecule has 2 N–H and O–H groups in total. The van der Waals surface area contributed by atoms with Crippen molar-refractivity contribution in [1.82, 2.24) is 9.97 Å². The monoisotopic (exact) mass is 348 g/mol. The molecule has 1 aliphatic carbocycles. The van der Waals surface area contributed by atoms with Crippen LogP contribution in [0.5, 0.6) is 0 Å². The van der Waals surface area contributed by atoms with Crippen LogP contribution in [0.25, 0.3) is 0 Å². The molecule has 2 aliphatic rings. The van der Waals surface area contributed by atoms with Gasteiger partial charge in [-0.25, -0.2) is 14.4 Å². The topological polar surface area (TPSA) is 93.3 Å². The number of aromatic nitrogens is 2. The number of hydrogen-bond acceptors (Lipinski definition) is 6. The first-order chi connectivity index (χ1) is 12.0. The molecule has 1 aliphatic heterocycles. The second kappa shape index (κ2) is 7.63. The number of piperidine rings is 1. The van der Waals surface area contributed by atoms with Gasteiger partial charge in [0, 0.05) is 32.4 Å². The first kappa shape index (κ1) is 18.0. The van der Waals surface area contributed by atoms with Gasteiger partial charge in [-0.2, -0.15) is 5.26 Å². The van der Waals surface area contributed by atoms with E-state index < -0.39 is 12.3 Å². The lowest BCUT2D eigenvalue weighted by Gasteiger charge is -2.36. The second-order valence-electron chi connectivity index (χ2n) is 7.31. The zero-order valence-electron chi connectivity index (χ0n) is 14.4. The van der Waals surface area contributed by atoms with Gasteiger partial charge in [0.2, 0.25) is 0 Å². The van der Waals surface area contributed by atoms with Gasteiger partial charge in [0.1, 0.15) is 28.9 Å². The Labute approximate surface area is 147 Å². The van der Waals surface area contributed by atoms with Gasteiger partial charge in [-0.1, -0.05) is 0 Å². The summed E-state index contributed by atoms with van der Waals surface area (Å²) < 4.78 is 14.2. The fraction of sp³-hybridized carbons (Fsp3) is 0.722. The molecule has 0 atom stereocenters. The van der Waals surface area contributed by atoms with Crippen LogP contribution in [-0.2, 0) is 6.42 Å². The molecule has 0 amide bonds. The molecule has 0 aromatic carbocycles. The van der Waals surface area contributed by atoms with Crippen molar-refractivity contribution in [2.45, 2.75) is 56.7 Å². The van der Waals surface area contributed by atoms with E-state index in [2.05, 4.69) is 16.0 Å². The van der Waals surface area contributed by atoms with E-state index in [-0.39, 0.29) is 18.9 Å². The Balaban J connectivity index is 1.71. The van der Waals surface area contributed by atoms with Gasteiger partial charge in [-0.15, -0.1) is 0 Å². The van der Waals surface area contributed by atoms with Crippen LogP contribution in [0.1, 0.15) is 49.9 Å². The number of anilines is 1. The summed E-state index contributed by atoms with van der Waals surface area (Å²) in [7, 11) is 0. The molecule has 136 valence electrons. The minimum atomic E-state index is -1.53. The van der Waals surface area contributed by atoms with Crippen molar-refractivity contribution in [3.63, 3.8) is 0 Å². The van der Waals surface area contributed by atoms with Gasteiger partial charge in [0.15, 0.2) is 0 Å². The van der Waals surface area contributed by atoms with Crippen molar-refractivity contribution in [2.75, 3.05) is 24.6 Å². The molecule has 1 saturated carbocycles. The van der Waals surface area contributed by atoms with Crippen molar-refractivity contribution in [1.29, 1.82) is 5.26 Å². The van der Waals surface area contributed by atoms with Crippen molar-refractivity contribution >= 4 is 5.82 Å². The minimum Gasteiger partial charge on any atom is -0.393 e. The van der Waals surface area contributed by atoms with Crippen LogP contribution < -0.4 is 4.90 Å². The number of aliphatic hydroxyl groups excluding tert-OH is 2. The molecular weight excluding hydrogens is 323 g/mol. The zero-order valence-corrected chi connectivity index (χ0v) is 14.4. The van der Waals surface area contributed by atoms with Crippen LogP contribution in [0.3, 0.4) is 0 Å². The highest BCUT2D eigenvalue weighted by Gasteiger charge is 2.35. The van der Waals surface area contributed by atoms with Crippen molar-refractivity contribution in [2.24, 2.45) is 5.92 Å². The van der Waals surface area contributed by atoms with Gasteiger partial charge in [0.25, 0.3) is 0 Å². The van der Waals surface area contributed by atoms with Gasteiger partial charge >= 0.3 is 0 Å². The summed E-state index contributed by atoms with van der Waals surface area (Å²) in [5.41, 5.74) is -1.12. The molecule has 25 heavy (non-hydrogen) atoms. The van der Waals surface area contributed by atoms with Crippen LogP contribution in [0.2, 0.25) is 0 Å². The summed E-state index contributed by atoms with van der Waals surface area (Å²) >= 11 is 0. The predicted octanol–water partition coefficient (Wildman–Crippen LogP) is 1.74. The number of hydrogen-bond donors (Lipinski definition) is 2. The van der Waals surface area contributed by atoms with E-state index in [0.29, 0.717) is 36.2 Å². The van der Waals surface area contributed by atoms with Gasteiger partial charge < -0.3 is 15.1 Å². The van der Waals surface area contributed by atoms with Gasteiger partial charge in [-0.05, 0) is 31.6 Å². The molecule has 3 rings (SSSR count). The fourth-order valence-corrected chi connectivity index (χ4v) is 3.71. The lowest BCUT2D eigenvalue weighted by Crippen LogP contribution is -2.44. The van der Waals surface area contributed by atoms with E-state index in [9.17, 15) is 14.8 Å². The standard InChI is InChI=1S/C18H25FN4O2/c19-18(12-24)5-7-23(8-6-18)17-14(10-20)11-21-16(22-17)9-13-1-3-15(25)4-2-13/h11,13,15,24-25H,1-9,12H2/t13-,15-. The van der Waals surface area contributed by atoms with Crippen molar-refractivity contribution < 1.29 is 14.6 Å². The Hall–Kier alpha value is -1.78. The zero-order chi connectivity index (χ0) is 17.9. The molecule has 0 radical (unpaired) electrons. The minimum absolute atomic E-state index is 0.186. The van der Waals surface area contributed by atoms with E-state index in [1.54, 1.807) is 6.20 Å². The summed E-state index contributed by atoms with van der Waals surface area (Å²) in [6, 6.07) is 2.12. The highest BCUT2D eigenvalue weighted by molar-refractivity contribution is 5.53. The summed E-state index contributed by atoms with van der Waals surface area (Å²) in [4.78, 5) is 10.8. The van der Waals surface area contributed by atoms with Crippen molar-refractivity contribution in [3.05, 3.63) is 17.6 Å². The Morgan fingerprint density at radius 3 is 2.56 bits per heavy atom. The highest BCUT2D eigenvalue weighted by atomic mass is 19.1. The van der Waals surface area contributed by atoms with E-state index in [1.165, 1.54) is 0 Å². The quantitative estimate of drug-likeness (QED) is 0.861. The maximum Gasteiger partial charge on any atom is 0.150 e. The summed E-state index contributed by atoms with van der Waals surface area (Å²) in [5, 5.41) is 28.1. The molecule has 0 spiro atoms. The molecule has 1 aromatic heterocycles. The van der Waals surface area contributed by atoms with Crippen LogP contribution in [-0.4, -0.2) is 51.7 Å². The average molecular weight is 348 g/mol. The molecule has 1 saturated heterocycles. The Bertz CT molecular complexity index is 632. The van der Waals surface area contributed by atoms with E-state index in [1.807, 2.05) is 4.90 Å². The third-order valence-corrected chi connectivity index (χ3v) is 5.47. The van der Waals surface area contributed by atoms with Gasteiger partial charge in [0.05, 0.1) is 18.9 Å². The molecule has 0 bridgehead atoms. The van der Waals surface area contributed by atoms with E-state index in [4.69, 9.17) is 5.11 Å². The molecule has 2 heterocycles. The van der Waals surface area contributed by atoms with Crippen LogP contribution in [0.15, 0.2) is 6.20 Å². The number of nitrogens with zero attached hydrogens (tertiary/aromatic N) is 4. The first-order valence-corrected chi connectivity index (χ1v) is 9.02. The number of alkyl halides is 1. The third-order valence-electron chi connectivity index (χ3n) is 5.47. The maximum absolute atomic E-state index is 14.2. The Kier molecular flexibility index (Phi) is 5.50. The lowest BCUT2D eigenvalue weighted by atomic mass is 9.85. The van der Waals surface area contributed by atoms with E-state index in [0.717, 1.165) is 32.1 Å². The first-order valence-electron chi connectivity index (χ1n) is 9.02. The molecule has 7 heteroatoms. The average Bonchev–Trinajstić information content (AvgIpc) is 2.64. The largest absolute Gasteiger partial charge is 0.393 e. The number of rotatable bonds is 4. The summed E-state index contributed by atoms with van der Waals surface area (Å²) in [6.07, 6.45) is 6.13. The normalized spacial score (nSPS) is 26.2. The van der Waals surface area contributed by atoms with Gasteiger partial charge in [-0.3, -0.25) is 0 Å². The summed E-state index contributed by atoms with van der Waals surface area (Å²) in [6.45, 7) is 0.393. The SMILES string of the molecule is N#Cc1cnc(C[C@H]2CC[C@H](O)CC2)nc1N1CCC(F)(CO)CC1. The van der Waals surface area contributed by atoms with Crippen molar-refractivity contribution in [3.8, 4) is 6.07 Å². The molecule has 2 fully saturated rings. The smallest absolute Gasteiger partial charge is 0.150 e. The number of nitriles is 1. The predicted molar refractivity (Wildman–Crippen MR) is 90.8 cm³/mol. The number of aliphatic hydroxyl groups is 2. The molecular formula is C18H25FN4O2. The lowest BCUT2D eigenvalue weighted by molar-refractivity contribution is 0.0480. The van der Waals surface area contributed by atoms with E-state index >= 15 is 0 Å². The molecule has 1 aromatic rings. The fourth-order valence-electron chi connectivity index (χ4n) is 3.71.